The second kappa shape index (κ2) is 5.07. The van der Waals surface area contributed by atoms with Crippen LogP contribution in [0.3, 0.4) is 0 Å². The monoisotopic (exact) mass is 233 g/mol. The SMILES string of the molecule is CCCCc1cc(-c2cccs2)nc(N)n1. The summed E-state index contributed by atoms with van der Waals surface area (Å²) in [6.07, 6.45) is 3.28. The quantitative estimate of drug-likeness (QED) is 0.882. The molecule has 0 fully saturated rings. The van der Waals surface area contributed by atoms with Crippen LogP contribution < -0.4 is 5.73 Å². The average molecular weight is 233 g/mol. The zero-order chi connectivity index (χ0) is 11.4. The molecule has 2 heterocycles. The maximum Gasteiger partial charge on any atom is 0.220 e. The molecule has 0 aliphatic heterocycles. The first-order chi connectivity index (χ1) is 7.79. The maximum atomic E-state index is 5.72. The molecule has 0 aliphatic carbocycles. The zero-order valence-electron chi connectivity index (χ0n) is 9.31. The number of aryl methyl sites for hydroxylation is 1. The third-order valence-electron chi connectivity index (χ3n) is 2.36. The van der Waals surface area contributed by atoms with Gasteiger partial charge in [0.1, 0.15) is 0 Å². The minimum Gasteiger partial charge on any atom is -0.368 e. The summed E-state index contributed by atoms with van der Waals surface area (Å²) in [6.45, 7) is 2.17. The van der Waals surface area contributed by atoms with E-state index in [1.165, 1.54) is 0 Å². The number of nitrogens with zero attached hydrogens (tertiary/aromatic N) is 2. The van der Waals surface area contributed by atoms with Gasteiger partial charge in [0.05, 0.1) is 10.6 Å². The summed E-state index contributed by atoms with van der Waals surface area (Å²) in [5, 5.41) is 2.04. The number of thiophene rings is 1. The molecule has 0 aliphatic rings. The van der Waals surface area contributed by atoms with Gasteiger partial charge in [-0.25, -0.2) is 9.97 Å². The Morgan fingerprint density at radius 1 is 1.38 bits per heavy atom. The summed E-state index contributed by atoms with van der Waals surface area (Å²) in [7, 11) is 0. The van der Waals surface area contributed by atoms with Crippen molar-refractivity contribution in [2.45, 2.75) is 26.2 Å². The van der Waals surface area contributed by atoms with Gasteiger partial charge in [-0.1, -0.05) is 19.4 Å². The summed E-state index contributed by atoms with van der Waals surface area (Å²) in [4.78, 5) is 9.66. The van der Waals surface area contributed by atoms with Crippen molar-refractivity contribution in [1.82, 2.24) is 9.97 Å². The molecule has 4 heteroatoms. The number of unbranched alkanes of at least 4 members (excludes halogenated alkanes) is 1. The second-order valence-corrected chi connectivity index (χ2v) is 4.63. The average Bonchev–Trinajstić information content (AvgIpc) is 2.79. The lowest BCUT2D eigenvalue weighted by Gasteiger charge is -2.03. The largest absolute Gasteiger partial charge is 0.368 e. The molecule has 2 N–H and O–H groups in total. The van der Waals surface area contributed by atoms with E-state index in [0.717, 1.165) is 35.5 Å². The highest BCUT2D eigenvalue weighted by molar-refractivity contribution is 7.13. The Labute approximate surface area is 99.4 Å². The van der Waals surface area contributed by atoms with E-state index in [4.69, 9.17) is 5.73 Å². The van der Waals surface area contributed by atoms with Gasteiger partial charge in [-0.05, 0) is 30.4 Å². The third kappa shape index (κ3) is 2.58. The molecule has 16 heavy (non-hydrogen) atoms. The first kappa shape index (κ1) is 11.1. The van der Waals surface area contributed by atoms with Crippen LogP contribution in [0.15, 0.2) is 23.6 Å². The normalized spacial score (nSPS) is 10.6. The summed E-state index contributed by atoms with van der Waals surface area (Å²) < 4.78 is 0. The van der Waals surface area contributed by atoms with Crippen molar-refractivity contribution in [3.05, 3.63) is 29.3 Å². The molecule has 2 aromatic rings. The predicted octanol–water partition coefficient (Wildman–Crippen LogP) is 3.13. The highest BCUT2D eigenvalue weighted by atomic mass is 32.1. The first-order valence-electron chi connectivity index (χ1n) is 5.47. The van der Waals surface area contributed by atoms with Crippen LogP contribution in [0.25, 0.3) is 10.6 Å². The molecular formula is C12H15N3S. The van der Waals surface area contributed by atoms with Crippen molar-refractivity contribution in [2.24, 2.45) is 0 Å². The molecule has 0 spiro atoms. The molecule has 2 aromatic heterocycles. The number of aromatic nitrogens is 2. The number of nitrogen functional groups attached to an aromatic ring is 1. The van der Waals surface area contributed by atoms with Crippen LogP contribution in [0.5, 0.6) is 0 Å². The molecule has 0 aromatic carbocycles. The van der Waals surface area contributed by atoms with Crippen LogP contribution in [0.1, 0.15) is 25.5 Å². The Balaban J connectivity index is 2.29. The highest BCUT2D eigenvalue weighted by Crippen LogP contribution is 2.24. The van der Waals surface area contributed by atoms with Crippen molar-refractivity contribution >= 4 is 17.3 Å². The van der Waals surface area contributed by atoms with Gasteiger partial charge in [-0.2, -0.15) is 0 Å². The van der Waals surface area contributed by atoms with Crippen molar-refractivity contribution in [2.75, 3.05) is 5.73 Å². The van der Waals surface area contributed by atoms with E-state index in [9.17, 15) is 0 Å². The number of anilines is 1. The summed E-state index contributed by atoms with van der Waals surface area (Å²) >= 11 is 1.67. The molecule has 84 valence electrons. The molecule has 2 rings (SSSR count). The van der Waals surface area contributed by atoms with Crippen LogP contribution >= 0.6 is 11.3 Å². The van der Waals surface area contributed by atoms with Crippen LogP contribution in [-0.4, -0.2) is 9.97 Å². The standard InChI is InChI=1S/C12H15N3S/c1-2-3-5-9-8-10(15-12(13)14-9)11-6-4-7-16-11/h4,6-8H,2-3,5H2,1H3,(H2,13,14,15). The van der Waals surface area contributed by atoms with Crippen molar-refractivity contribution in [3.63, 3.8) is 0 Å². The number of nitrogens with two attached hydrogens (primary N) is 1. The Hall–Kier alpha value is -1.42. The van der Waals surface area contributed by atoms with Gasteiger partial charge in [-0.3, -0.25) is 0 Å². The highest BCUT2D eigenvalue weighted by Gasteiger charge is 2.05. The molecule has 0 radical (unpaired) electrons. The summed E-state index contributed by atoms with van der Waals surface area (Å²) in [6, 6.07) is 6.11. The van der Waals surface area contributed by atoms with E-state index < -0.39 is 0 Å². The summed E-state index contributed by atoms with van der Waals surface area (Å²) in [5.74, 6) is 0.372. The van der Waals surface area contributed by atoms with Crippen LogP contribution in [-0.2, 0) is 6.42 Å². The summed E-state index contributed by atoms with van der Waals surface area (Å²) in [5.41, 5.74) is 7.70. The lowest BCUT2D eigenvalue weighted by atomic mass is 10.2. The van der Waals surface area contributed by atoms with Gasteiger partial charge in [0, 0.05) is 5.69 Å². The van der Waals surface area contributed by atoms with Gasteiger partial charge in [0.2, 0.25) is 5.95 Å². The molecule has 3 nitrogen and oxygen atoms in total. The number of hydrogen-bond donors (Lipinski definition) is 1. The smallest absolute Gasteiger partial charge is 0.220 e. The van der Waals surface area contributed by atoms with E-state index in [1.54, 1.807) is 11.3 Å². The van der Waals surface area contributed by atoms with Crippen LogP contribution in [0.4, 0.5) is 5.95 Å². The number of hydrogen-bond acceptors (Lipinski definition) is 4. The molecule has 0 saturated heterocycles. The topological polar surface area (TPSA) is 51.8 Å². The van der Waals surface area contributed by atoms with Crippen LogP contribution in [0.2, 0.25) is 0 Å². The first-order valence-corrected chi connectivity index (χ1v) is 6.35. The van der Waals surface area contributed by atoms with E-state index in [-0.39, 0.29) is 0 Å². The van der Waals surface area contributed by atoms with Gasteiger partial charge in [0.25, 0.3) is 0 Å². The lowest BCUT2D eigenvalue weighted by Crippen LogP contribution is -2.00. The Kier molecular flexibility index (Phi) is 3.51. The Morgan fingerprint density at radius 2 is 2.25 bits per heavy atom. The van der Waals surface area contributed by atoms with Gasteiger partial charge in [-0.15, -0.1) is 11.3 Å². The second-order valence-electron chi connectivity index (χ2n) is 3.68. The fourth-order valence-corrected chi connectivity index (χ4v) is 2.24. The van der Waals surface area contributed by atoms with Gasteiger partial charge < -0.3 is 5.73 Å². The maximum absolute atomic E-state index is 5.72. The minimum atomic E-state index is 0.372. The number of rotatable bonds is 4. The molecule has 0 atom stereocenters. The molecule has 0 unspecified atom stereocenters. The van der Waals surface area contributed by atoms with Crippen molar-refractivity contribution < 1.29 is 0 Å². The van der Waals surface area contributed by atoms with E-state index in [0.29, 0.717) is 5.95 Å². The van der Waals surface area contributed by atoms with E-state index >= 15 is 0 Å². The van der Waals surface area contributed by atoms with E-state index in [1.807, 2.05) is 17.5 Å². The lowest BCUT2D eigenvalue weighted by molar-refractivity contribution is 0.775. The third-order valence-corrected chi connectivity index (χ3v) is 3.25. The predicted molar refractivity (Wildman–Crippen MR) is 68.4 cm³/mol. The van der Waals surface area contributed by atoms with Gasteiger partial charge in [0.15, 0.2) is 0 Å². The fraction of sp³-hybridized carbons (Fsp3) is 0.333. The zero-order valence-corrected chi connectivity index (χ0v) is 10.1. The molecular weight excluding hydrogens is 218 g/mol. The van der Waals surface area contributed by atoms with Crippen molar-refractivity contribution in [3.8, 4) is 10.6 Å². The molecule has 0 amide bonds. The molecule has 0 bridgehead atoms. The van der Waals surface area contributed by atoms with Gasteiger partial charge >= 0.3 is 0 Å². The van der Waals surface area contributed by atoms with Crippen LogP contribution in [0, 0.1) is 0 Å². The molecule has 0 saturated carbocycles. The van der Waals surface area contributed by atoms with Crippen molar-refractivity contribution in [1.29, 1.82) is 0 Å². The Morgan fingerprint density at radius 3 is 2.94 bits per heavy atom. The fourth-order valence-electron chi connectivity index (χ4n) is 1.55. The Bertz CT molecular complexity index is 451. The minimum absolute atomic E-state index is 0.372. The van der Waals surface area contributed by atoms with E-state index in [2.05, 4.69) is 23.0 Å².